The van der Waals surface area contributed by atoms with Crippen molar-refractivity contribution in [3.63, 3.8) is 0 Å². The van der Waals surface area contributed by atoms with Gasteiger partial charge >= 0.3 is 12.1 Å². The molecule has 1 aliphatic rings. The third kappa shape index (κ3) is 6.83. The Bertz CT molecular complexity index is 1100. The molecule has 1 aromatic carbocycles. The quantitative estimate of drug-likeness (QED) is 0.500. The fourth-order valence-electron chi connectivity index (χ4n) is 3.40. The molecule has 1 fully saturated rings. The van der Waals surface area contributed by atoms with Gasteiger partial charge < -0.3 is 23.8 Å². The predicted molar refractivity (Wildman–Crippen MR) is 130 cm³/mol. The van der Waals surface area contributed by atoms with E-state index in [0.717, 1.165) is 10.2 Å². The van der Waals surface area contributed by atoms with Gasteiger partial charge in [-0.05, 0) is 26.0 Å². The Labute approximate surface area is 205 Å². The minimum Gasteiger partial charge on any atom is -0.465 e. The number of rotatable bonds is 8. The van der Waals surface area contributed by atoms with Crippen molar-refractivity contribution in [1.29, 1.82) is 0 Å². The summed E-state index contributed by atoms with van der Waals surface area (Å²) in [6.45, 7) is 5.77. The van der Waals surface area contributed by atoms with E-state index in [1.165, 1.54) is 23.1 Å². The van der Waals surface area contributed by atoms with E-state index in [-0.39, 0.29) is 42.6 Å². The van der Waals surface area contributed by atoms with E-state index in [9.17, 15) is 19.2 Å². The van der Waals surface area contributed by atoms with Gasteiger partial charge in [-0.2, -0.15) is 4.99 Å². The smallest absolute Gasteiger partial charge is 0.409 e. The van der Waals surface area contributed by atoms with Crippen molar-refractivity contribution in [2.45, 2.75) is 20.4 Å². The van der Waals surface area contributed by atoms with Gasteiger partial charge in [-0.15, -0.1) is 11.8 Å². The molecule has 0 saturated carbocycles. The summed E-state index contributed by atoms with van der Waals surface area (Å²) in [6.07, 6.45) is -0.363. The normalized spacial score (nSPS) is 14.4. The van der Waals surface area contributed by atoms with Crippen LogP contribution in [-0.2, 0) is 30.4 Å². The minimum atomic E-state index is -0.400. The van der Waals surface area contributed by atoms with Gasteiger partial charge in [0.05, 0.1) is 34.9 Å². The first-order valence-corrected chi connectivity index (χ1v) is 13.0. The van der Waals surface area contributed by atoms with Crippen LogP contribution >= 0.6 is 23.1 Å². The van der Waals surface area contributed by atoms with Crippen molar-refractivity contribution in [2.24, 2.45) is 4.99 Å². The van der Waals surface area contributed by atoms with Crippen LogP contribution in [0.1, 0.15) is 13.8 Å². The third-order valence-corrected chi connectivity index (χ3v) is 6.97. The number of esters is 1. The molecule has 0 atom stereocenters. The molecule has 1 aromatic heterocycles. The third-order valence-electron chi connectivity index (χ3n) is 5.01. The summed E-state index contributed by atoms with van der Waals surface area (Å²) in [7, 11) is 0. The molecule has 1 aliphatic heterocycles. The molecule has 3 rings (SSSR count). The number of amides is 3. The first kappa shape index (κ1) is 25.8. The molecule has 0 spiro atoms. The number of nitrogens with zero attached hydrogens (tertiary/aromatic N) is 4. The van der Waals surface area contributed by atoms with E-state index in [4.69, 9.17) is 9.47 Å². The van der Waals surface area contributed by atoms with Gasteiger partial charge in [-0.3, -0.25) is 14.4 Å². The van der Waals surface area contributed by atoms with Gasteiger partial charge in [-0.25, -0.2) is 4.79 Å². The molecule has 0 radical (unpaired) electrons. The van der Waals surface area contributed by atoms with Crippen LogP contribution in [0.25, 0.3) is 10.2 Å². The van der Waals surface area contributed by atoms with Crippen LogP contribution in [0, 0.1) is 0 Å². The lowest BCUT2D eigenvalue weighted by Gasteiger charge is -2.34. The van der Waals surface area contributed by atoms with Crippen molar-refractivity contribution in [3.8, 4) is 0 Å². The number of carbonyl (C=O) groups is 4. The number of para-hydroxylation sites is 1. The number of hydrogen-bond acceptors (Lipinski definition) is 8. The number of thioether (sulfide) groups is 1. The second kappa shape index (κ2) is 12.6. The highest BCUT2D eigenvalue weighted by Crippen LogP contribution is 2.17. The number of hydrogen-bond donors (Lipinski definition) is 0. The summed E-state index contributed by atoms with van der Waals surface area (Å²) in [5.41, 5.74) is 0.803. The maximum Gasteiger partial charge on any atom is 0.409 e. The maximum atomic E-state index is 12.5. The maximum absolute atomic E-state index is 12.5. The number of thiazole rings is 1. The van der Waals surface area contributed by atoms with Crippen LogP contribution < -0.4 is 4.80 Å². The lowest BCUT2D eigenvalue weighted by molar-refractivity contribution is -0.143. The molecular formula is C22H28N4O6S2. The van der Waals surface area contributed by atoms with Gasteiger partial charge in [-0.1, -0.05) is 23.5 Å². The molecule has 3 amide bonds. The van der Waals surface area contributed by atoms with E-state index in [2.05, 4.69) is 4.99 Å². The summed E-state index contributed by atoms with van der Waals surface area (Å²) in [5, 5.41) is 0. The van der Waals surface area contributed by atoms with Crippen LogP contribution in [-0.4, -0.2) is 89.1 Å². The lowest BCUT2D eigenvalue weighted by atomic mass is 10.3. The highest BCUT2D eigenvalue weighted by molar-refractivity contribution is 8.00. The van der Waals surface area contributed by atoms with Gasteiger partial charge in [0.15, 0.2) is 4.80 Å². The largest absolute Gasteiger partial charge is 0.465 e. The molecule has 12 heteroatoms. The number of benzene rings is 1. The SMILES string of the molecule is CCOC(=O)Cn1c(=NC(=O)CSCC(=O)N2CCN(C(=O)OCC)CC2)sc2ccccc21. The Morgan fingerprint density at radius 2 is 1.65 bits per heavy atom. The predicted octanol–water partition coefficient (Wildman–Crippen LogP) is 1.73. The second-order valence-electron chi connectivity index (χ2n) is 7.31. The number of carbonyl (C=O) groups excluding carboxylic acids is 4. The molecule has 0 aliphatic carbocycles. The molecule has 184 valence electrons. The summed E-state index contributed by atoms with van der Waals surface area (Å²) in [4.78, 5) is 56.7. The van der Waals surface area contributed by atoms with Crippen molar-refractivity contribution in [1.82, 2.24) is 14.4 Å². The average Bonchev–Trinajstić information content (AvgIpc) is 3.16. The Morgan fingerprint density at radius 1 is 0.971 bits per heavy atom. The van der Waals surface area contributed by atoms with E-state index in [1.54, 1.807) is 28.2 Å². The molecule has 34 heavy (non-hydrogen) atoms. The van der Waals surface area contributed by atoms with Crippen LogP contribution in [0.4, 0.5) is 4.79 Å². The fraction of sp³-hybridized carbons (Fsp3) is 0.500. The Kier molecular flexibility index (Phi) is 9.52. The van der Waals surface area contributed by atoms with Crippen molar-refractivity contribution in [2.75, 3.05) is 50.9 Å². The fourth-order valence-corrected chi connectivity index (χ4v) is 5.15. The van der Waals surface area contributed by atoms with E-state index in [1.807, 2.05) is 24.3 Å². The summed E-state index contributed by atoms with van der Waals surface area (Å²) in [5.74, 6) is -0.671. The highest BCUT2D eigenvalue weighted by Gasteiger charge is 2.24. The number of aromatic nitrogens is 1. The minimum absolute atomic E-state index is 0.0344. The molecule has 2 heterocycles. The first-order chi connectivity index (χ1) is 16.4. The zero-order valence-corrected chi connectivity index (χ0v) is 20.9. The Morgan fingerprint density at radius 3 is 2.35 bits per heavy atom. The molecule has 0 bridgehead atoms. The molecule has 0 unspecified atom stereocenters. The average molecular weight is 509 g/mol. The summed E-state index contributed by atoms with van der Waals surface area (Å²) >= 11 is 2.52. The van der Waals surface area contributed by atoms with Crippen molar-refractivity contribution >= 4 is 57.2 Å². The van der Waals surface area contributed by atoms with E-state index in [0.29, 0.717) is 37.6 Å². The van der Waals surface area contributed by atoms with Crippen LogP contribution in [0.15, 0.2) is 29.3 Å². The Hall–Kier alpha value is -2.86. The van der Waals surface area contributed by atoms with Gasteiger partial charge in [0.25, 0.3) is 5.91 Å². The molecule has 1 saturated heterocycles. The van der Waals surface area contributed by atoms with E-state index >= 15 is 0 Å². The van der Waals surface area contributed by atoms with Crippen LogP contribution in [0.2, 0.25) is 0 Å². The van der Waals surface area contributed by atoms with Gasteiger partial charge in [0.1, 0.15) is 6.54 Å². The zero-order chi connectivity index (χ0) is 24.5. The molecule has 2 aromatic rings. The second-order valence-corrected chi connectivity index (χ2v) is 9.30. The van der Waals surface area contributed by atoms with E-state index < -0.39 is 5.97 Å². The number of ether oxygens (including phenoxy) is 2. The molecule has 10 nitrogen and oxygen atoms in total. The van der Waals surface area contributed by atoms with Crippen LogP contribution in [0.5, 0.6) is 0 Å². The van der Waals surface area contributed by atoms with Gasteiger partial charge in [0.2, 0.25) is 5.91 Å². The monoisotopic (exact) mass is 508 g/mol. The molecular weight excluding hydrogens is 480 g/mol. The topological polar surface area (TPSA) is 111 Å². The zero-order valence-electron chi connectivity index (χ0n) is 19.2. The Balaban J connectivity index is 1.55. The number of piperazine rings is 1. The first-order valence-electron chi connectivity index (χ1n) is 11.0. The van der Waals surface area contributed by atoms with Crippen molar-refractivity contribution < 1.29 is 28.7 Å². The summed E-state index contributed by atoms with van der Waals surface area (Å²) in [6, 6.07) is 7.51. The van der Waals surface area contributed by atoms with Gasteiger partial charge in [0, 0.05) is 26.2 Å². The van der Waals surface area contributed by atoms with Crippen LogP contribution in [0.3, 0.4) is 0 Å². The lowest BCUT2D eigenvalue weighted by Crippen LogP contribution is -2.51. The molecule has 0 N–H and O–H groups in total. The number of fused-ring (bicyclic) bond motifs is 1. The summed E-state index contributed by atoms with van der Waals surface area (Å²) < 4.78 is 12.6. The standard InChI is InChI=1S/C22H28N4O6S2/c1-3-31-20(29)13-26-16-7-5-6-8-17(16)34-21(26)23-18(27)14-33-15-19(28)24-9-11-25(12-10-24)22(30)32-4-2/h5-8H,3-4,9-15H2,1-2H3. The van der Waals surface area contributed by atoms with Crippen molar-refractivity contribution in [3.05, 3.63) is 29.1 Å². The highest BCUT2D eigenvalue weighted by atomic mass is 32.2.